The molecule has 2 amide bonds. The van der Waals surface area contributed by atoms with Gasteiger partial charge in [-0.1, -0.05) is 71.1 Å². The highest BCUT2D eigenvalue weighted by molar-refractivity contribution is 14.1. The van der Waals surface area contributed by atoms with E-state index in [4.69, 9.17) is 9.47 Å². The molecule has 0 aromatic heterocycles. The first-order chi connectivity index (χ1) is 21.3. The highest BCUT2D eigenvalue weighted by Crippen LogP contribution is 2.38. The zero-order chi connectivity index (χ0) is 31.9. The quantitative estimate of drug-likeness (QED) is 0.111. The van der Waals surface area contributed by atoms with Crippen molar-refractivity contribution in [3.05, 3.63) is 32.9 Å². The minimum atomic E-state index is -1.07. The van der Waals surface area contributed by atoms with E-state index in [2.05, 4.69) is 34.8 Å². The summed E-state index contributed by atoms with van der Waals surface area (Å²) in [5, 5.41) is 33.5. The fourth-order valence-corrected chi connectivity index (χ4v) is 7.21. The summed E-state index contributed by atoms with van der Waals surface area (Å²) in [4.78, 5) is 28.9. The SMILES string of the molecule is CCCCCCCCCCCC(=O)N(C1CCCC1)[C@@H]1CC(C(=O)NCCO)=C[C@H](Oc2c(I)cc(CO)cc2OC)[C@H]1O. The third-order valence-corrected chi connectivity index (χ3v) is 9.60. The summed E-state index contributed by atoms with van der Waals surface area (Å²) in [5.41, 5.74) is 1.08. The van der Waals surface area contributed by atoms with Gasteiger partial charge in [-0.15, -0.1) is 0 Å². The van der Waals surface area contributed by atoms with Gasteiger partial charge in [0.15, 0.2) is 11.5 Å². The van der Waals surface area contributed by atoms with Crippen LogP contribution < -0.4 is 14.8 Å². The van der Waals surface area contributed by atoms with Gasteiger partial charge in [-0.25, -0.2) is 0 Å². The average Bonchev–Trinajstić information content (AvgIpc) is 3.55. The molecule has 1 aromatic carbocycles. The molecule has 0 spiro atoms. The minimum absolute atomic E-state index is 0.0136. The van der Waals surface area contributed by atoms with Crippen molar-refractivity contribution in [2.75, 3.05) is 20.3 Å². The molecule has 2 aliphatic carbocycles. The molecule has 1 aromatic rings. The molecule has 0 radical (unpaired) electrons. The summed E-state index contributed by atoms with van der Waals surface area (Å²) >= 11 is 2.10. The first-order valence-corrected chi connectivity index (χ1v) is 17.6. The maximum atomic E-state index is 13.9. The maximum Gasteiger partial charge on any atom is 0.247 e. The second kappa shape index (κ2) is 19.6. The number of carbonyl (C=O) groups is 2. The van der Waals surface area contributed by atoms with Crippen LogP contribution in [0.2, 0.25) is 0 Å². The molecule has 248 valence electrons. The van der Waals surface area contributed by atoms with Gasteiger partial charge in [0.25, 0.3) is 0 Å². The van der Waals surface area contributed by atoms with Crippen LogP contribution >= 0.6 is 22.6 Å². The van der Waals surface area contributed by atoms with E-state index in [1.807, 2.05) is 4.90 Å². The van der Waals surface area contributed by atoms with Crippen LogP contribution in [0.4, 0.5) is 0 Å². The van der Waals surface area contributed by atoms with Crippen molar-refractivity contribution in [3.63, 3.8) is 0 Å². The van der Waals surface area contributed by atoms with Crippen LogP contribution in [0, 0.1) is 3.57 Å². The molecule has 1 fully saturated rings. The second-order valence-electron chi connectivity index (χ2n) is 12.1. The standard InChI is InChI=1S/C34H53IN2O7/c1-3-4-5-6-7-8-9-10-11-16-31(40)37(26-14-12-13-15-26)28-21-25(34(42)36-17-18-38)22-29(32(28)41)44-33-27(35)19-24(23-39)20-30(33)43-2/h19-20,22,26,28-29,32,38-39,41H,3-18,21,23H2,1-2H3,(H,36,42)/t28-,29+,32+/m1/s1. The molecule has 2 aliphatic rings. The highest BCUT2D eigenvalue weighted by atomic mass is 127. The Bertz CT molecular complexity index is 1080. The molecule has 1 saturated carbocycles. The Kier molecular flexibility index (Phi) is 16.3. The molecule has 3 rings (SSSR count). The molecule has 4 N–H and O–H groups in total. The molecular formula is C34H53IN2O7. The van der Waals surface area contributed by atoms with Crippen molar-refractivity contribution in [2.45, 2.75) is 134 Å². The average molecular weight is 729 g/mol. The number of nitrogens with zero attached hydrogens (tertiary/aromatic N) is 1. The third-order valence-electron chi connectivity index (χ3n) is 8.80. The van der Waals surface area contributed by atoms with Crippen LogP contribution in [0.15, 0.2) is 23.8 Å². The summed E-state index contributed by atoms with van der Waals surface area (Å²) in [6.07, 6.45) is 14.6. The van der Waals surface area contributed by atoms with Crippen molar-refractivity contribution in [3.8, 4) is 11.5 Å². The van der Waals surface area contributed by atoms with Crippen molar-refractivity contribution in [1.82, 2.24) is 10.2 Å². The van der Waals surface area contributed by atoms with Crippen LogP contribution in [0.5, 0.6) is 11.5 Å². The Hall–Kier alpha value is -1.89. The van der Waals surface area contributed by atoms with Crippen LogP contribution in [0.25, 0.3) is 0 Å². The summed E-state index contributed by atoms with van der Waals surface area (Å²) in [6, 6.07) is 2.85. The van der Waals surface area contributed by atoms with E-state index in [1.54, 1.807) is 18.2 Å². The molecule has 0 unspecified atom stereocenters. The number of aliphatic hydroxyl groups is 3. The van der Waals surface area contributed by atoms with Gasteiger partial charge in [0.2, 0.25) is 11.8 Å². The van der Waals surface area contributed by atoms with Crippen molar-refractivity contribution in [1.29, 1.82) is 0 Å². The second-order valence-corrected chi connectivity index (χ2v) is 13.3. The van der Waals surface area contributed by atoms with Gasteiger partial charge in [-0.2, -0.15) is 0 Å². The van der Waals surface area contributed by atoms with Crippen molar-refractivity contribution >= 4 is 34.4 Å². The van der Waals surface area contributed by atoms with E-state index in [0.29, 0.717) is 32.6 Å². The lowest BCUT2D eigenvalue weighted by Gasteiger charge is -2.43. The highest BCUT2D eigenvalue weighted by Gasteiger charge is 2.43. The zero-order valence-electron chi connectivity index (χ0n) is 26.6. The number of hydrogen-bond donors (Lipinski definition) is 4. The number of benzene rings is 1. The summed E-state index contributed by atoms with van der Waals surface area (Å²) in [5.74, 6) is 0.484. The Morgan fingerprint density at radius 2 is 1.68 bits per heavy atom. The zero-order valence-corrected chi connectivity index (χ0v) is 28.7. The van der Waals surface area contributed by atoms with Crippen LogP contribution in [0.3, 0.4) is 0 Å². The van der Waals surface area contributed by atoms with Crippen molar-refractivity contribution < 1.29 is 34.4 Å². The predicted molar refractivity (Wildman–Crippen MR) is 180 cm³/mol. The normalized spacial score (nSPS) is 20.3. The van der Waals surface area contributed by atoms with Gasteiger partial charge in [0, 0.05) is 31.0 Å². The largest absolute Gasteiger partial charge is 0.493 e. The van der Waals surface area contributed by atoms with Gasteiger partial charge >= 0.3 is 0 Å². The monoisotopic (exact) mass is 728 g/mol. The molecule has 0 heterocycles. The van der Waals surface area contributed by atoms with Gasteiger partial charge in [0.05, 0.1) is 29.9 Å². The summed E-state index contributed by atoms with van der Waals surface area (Å²) in [6.45, 7) is 1.98. The van der Waals surface area contributed by atoms with Gasteiger partial charge < -0.3 is 35.0 Å². The van der Waals surface area contributed by atoms with Gasteiger partial charge in [-0.05, 0) is 65.6 Å². The number of carbonyl (C=O) groups excluding carboxylic acids is 2. The number of ether oxygens (including phenoxy) is 2. The van der Waals surface area contributed by atoms with Gasteiger partial charge in [-0.3, -0.25) is 9.59 Å². The topological polar surface area (TPSA) is 129 Å². The molecule has 0 bridgehead atoms. The van der Waals surface area contributed by atoms with E-state index in [9.17, 15) is 24.9 Å². The fourth-order valence-electron chi connectivity index (χ4n) is 6.42. The molecule has 44 heavy (non-hydrogen) atoms. The number of halogens is 1. The van der Waals surface area contributed by atoms with Crippen LogP contribution in [-0.4, -0.2) is 76.6 Å². The predicted octanol–water partition coefficient (Wildman–Crippen LogP) is 5.40. The third kappa shape index (κ3) is 10.6. The number of methoxy groups -OCH3 is 1. The maximum absolute atomic E-state index is 13.9. The lowest BCUT2D eigenvalue weighted by molar-refractivity contribution is -0.142. The van der Waals surface area contributed by atoms with E-state index in [1.165, 1.54) is 45.6 Å². The van der Waals surface area contributed by atoms with Crippen molar-refractivity contribution in [2.24, 2.45) is 0 Å². The Morgan fingerprint density at radius 1 is 1.02 bits per heavy atom. The number of hydrogen-bond acceptors (Lipinski definition) is 7. The van der Waals surface area contributed by atoms with E-state index < -0.39 is 18.2 Å². The summed E-state index contributed by atoms with van der Waals surface area (Å²) in [7, 11) is 1.51. The number of rotatable bonds is 19. The first kappa shape index (κ1) is 36.6. The Balaban J connectivity index is 1.80. The smallest absolute Gasteiger partial charge is 0.247 e. The first-order valence-electron chi connectivity index (χ1n) is 16.6. The number of unbranched alkanes of at least 4 members (excludes halogenated alkanes) is 8. The van der Waals surface area contributed by atoms with E-state index in [-0.39, 0.29) is 44.0 Å². The molecule has 9 nitrogen and oxygen atoms in total. The van der Waals surface area contributed by atoms with E-state index >= 15 is 0 Å². The molecule has 0 aliphatic heterocycles. The number of nitrogens with one attached hydrogen (secondary N) is 1. The van der Waals surface area contributed by atoms with Crippen LogP contribution in [0.1, 0.15) is 109 Å². The Labute approximate surface area is 276 Å². The lowest BCUT2D eigenvalue weighted by atomic mass is 9.87. The molecule has 10 heteroatoms. The van der Waals surface area contributed by atoms with E-state index in [0.717, 1.165) is 44.9 Å². The van der Waals surface area contributed by atoms with Gasteiger partial charge in [0.1, 0.15) is 12.2 Å². The minimum Gasteiger partial charge on any atom is -0.493 e. The number of aliphatic hydroxyl groups excluding tert-OH is 3. The molecule has 0 saturated heterocycles. The molecular weight excluding hydrogens is 675 g/mol. The van der Waals surface area contributed by atoms with Crippen LogP contribution in [-0.2, 0) is 16.2 Å². The number of amides is 2. The fraction of sp³-hybridized carbons (Fsp3) is 0.706. The molecule has 3 atom stereocenters. The Morgan fingerprint density at radius 3 is 2.30 bits per heavy atom. The lowest BCUT2D eigenvalue weighted by Crippen LogP contribution is -2.57. The summed E-state index contributed by atoms with van der Waals surface area (Å²) < 4.78 is 12.6.